The van der Waals surface area contributed by atoms with Crippen molar-refractivity contribution in [3.8, 4) is 5.75 Å². The Kier molecular flexibility index (Phi) is 6.35. The van der Waals surface area contributed by atoms with E-state index in [1.807, 2.05) is 0 Å². The van der Waals surface area contributed by atoms with Crippen LogP contribution in [0, 0.1) is 5.92 Å². The van der Waals surface area contributed by atoms with Gasteiger partial charge >= 0.3 is 12.3 Å². The molecule has 0 bridgehead atoms. The van der Waals surface area contributed by atoms with Crippen molar-refractivity contribution in [1.82, 2.24) is 0 Å². The lowest BCUT2D eigenvalue weighted by Crippen LogP contribution is -2.16. The lowest BCUT2D eigenvalue weighted by atomic mass is 9.90. The lowest BCUT2D eigenvalue weighted by molar-refractivity contribution is -0.274. The zero-order valence-electron chi connectivity index (χ0n) is 10.9. The van der Waals surface area contributed by atoms with Crippen LogP contribution in [0.2, 0.25) is 0 Å². The Balaban J connectivity index is 0.000000204. The highest BCUT2D eigenvalue weighted by molar-refractivity contribution is 5.69. The Morgan fingerprint density at radius 1 is 1.10 bits per heavy atom. The molecule has 0 aromatic heterocycles. The van der Waals surface area contributed by atoms with Crippen molar-refractivity contribution in [2.45, 2.75) is 38.5 Å². The number of carbonyl (C=O) groups is 1. The van der Waals surface area contributed by atoms with Crippen LogP contribution >= 0.6 is 0 Å². The zero-order valence-corrected chi connectivity index (χ0v) is 10.9. The maximum absolute atomic E-state index is 11.5. The van der Waals surface area contributed by atoms with Crippen molar-refractivity contribution >= 4 is 5.97 Å². The van der Waals surface area contributed by atoms with Crippen LogP contribution in [0.3, 0.4) is 0 Å². The Morgan fingerprint density at radius 2 is 1.65 bits per heavy atom. The Bertz CT molecular complexity index is 398. The molecule has 0 spiro atoms. The van der Waals surface area contributed by atoms with Crippen LogP contribution in [0.25, 0.3) is 0 Å². The molecular weight excluding hydrogens is 273 g/mol. The van der Waals surface area contributed by atoms with E-state index in [4.69, 9.17) is 5.11 Å². The van der Waals surface area contributed by atoms with Gasteiger partial charge in [0.05, 0.1) is 5.92 Å². The number of carboxylic acids is 1. The summed E-state index contributed by atoms with van der Waals surface area (Å²) >= 11 is 0. The molecule has 0 atom stereocenters. The molecular formula is C14H17F3O3. The highest BCUT2D eigenvalue weighted by Gasteiger charge is 2.30. The number of halogens is 3. The third-order valence-electron chi connectivity index (χ3n) is 2.93. The van der Waals surface area contributed by atoms with E-state index in [1.54, 1.807) is 6.07 Å². The summed E-state index contributed by atoms with van der Waals surface area (Å²) in [6.45, 7) is 0. The van der Waals surface area contributed by atoms with Gasteiger partial charge in [-0.05, 0) is 25.0 Å². The van der Waals surface area contributed by atoms with E-state index in [0.717, 1.165) is 25.7 Å². The summed E-state index contributed by atoms with van der Waals surface area (Å²) in [4.78, 5) is 10.4. The monoisotopic (exact) mass is 290 g/mol. The van der Waals surface area contributed by atoms with Crippen molar-refractivity contribution in [3.63, 3.8) is 0 Å². The molecule has 1 N–H and O–H groups in total. The van der Waals surface area contributed by atoms with Crippen LogP contribution in [0.1, 0.15) is 32.1 Å². The van der Waals surface area contributed by atoms with Crippen LogP contribution in [0.15, 0.2) is 30.3 Å². The molecule has 1 fully saturated rings. The summed E-state index contributed by atoms with van der Waals surface area (Å²) in [6.07, 6.45) is 0.643. The molecule has 112 valence electrons. The molecule has 0 aliphatic heterocycles. The standard InChI is InChI=1S/C7H5F3O.C7H12O2/c8-7(9,10)11-6-4-2-1-3-5-6;8-7(9)6-4-2-1-3-5-6/h1-5H;6H,1-5H2,(H,8,9). The first-order valence-corrected chi connectivity index (χ1v) is 6.42. The van der Waals surface area contributed by atoms with Crippen molar-refractivity contribution in [2.75, 3.05) is 0 Å². The molecule has 0 amide bonds. The summed E-state index contributed by atoms with van der Waals surface area (Å²) in [5.41, 5.74) is 0. The van der Waals surface area contributed by atoms with Crippen LogP contribution in [-0.2, 0) is 4.79 Å². The predicted molar refractivity (Wildman–Crippen MR) is 67.3 cm³/mol. The van der Waals surface area contributed by atoms with Gasteiger partial charge in [-0.1, -0.05) is 37.5 Å². The van der Waals surface area contributed by atoms with Crippen molar-refractivity contribution in [1.29, 1.82) is 0 Å². The summed E-state index contributed by atoms with van der Waals surface area (Å²) in [5, 5.41) is 8.54. The Labute approximate surface area is 115 Å². The van der Waals surface area contributed by atoms with E-state index < -0.39 is 12.3 Å². The number of ether oxygens (including phenoxy) is 1. The molecule has 0 unspecified atom stereocenters. The quantitative estimate of drug-likeness (QED) is 0.886. The number of rotatable bonds is 2. The molecule has 1 aliphatic carbocycles. The van der Waals surface area contributed by atoms with Gasteiger partial charge in [-0.25, -0.2) is 0 Å². The third kappa shape index (κ3) is 7.01. The van der Waals surface area contributed by atoms with Crippen molar-refractivity contribution < 1.29 is 27.8 Å². The maximum atomic E-state index is 11.5. The average Bonchev–Trinajstić information content (AvgIpc) is 2.40. The van der Waals surface area contributed by atoms with Gasteiger partial charge in [-0.3, -0.25) is 4.79 Å². The fraction of sp³-hybridized carbons (Fsp3) is 0.500. The normalized spacial score (nSPS) is 15.9. The number of aliphatic carboxylic acids is 1. The summed E-state index contributed by atoms with van der Waals surface area (Å²) in [6, 6.07) is 7.05. The van der Waals surface area contributed by atoms with Gasteiger partial charge in [0.2, 0.25) is 0 Å². The largest absolute Gasteiger partial charge is 0.573 e. The van der Waals surface area contributed by atoms with E-state index in [9.17, 15) is 18.0 Å². The molecule has 1 saturated carbocycles. The van der Waals surface area contributed by atoms with Crippen LogP contribution in [-0.4, -0.2) is 17.4 Å². The van der Waals surface area contributed by atoms with Gasteiger partial charge in [0.1, 0.15) is 5.75 Å². The zero-order chi connectivity index (χ0) is 15.0. The fourth-order valence-electron chi connectivity index (χ4n) is 1.97. The molecule has 0 heterocycles. The number of para-hydroxylation sites is 1. The van der Waals surface area contributed by atoms with Gasteiger partial charge in [0.25, 0.3) is 0 Å². The van der Waals surface area contributed by atoms with Crippen LogP contribution < -0.4 is 4.74 Å². The van der Waals surface area contributed by atoms with Gasteiger partial charge in [0.15, 0.2) is 0 Å². The second-order valence-corrected chi connectivity index (χ2v) is 4.53. The van der Waals surface area contributed by atoms with Gasteiger partial charge < -0.3 is 9.84 Å². The topological polar surface area (TPSA) is 46.5 Å². The summed E-state index contributed by atoms with van der Waals surface area (Å²) in [7, 11) is 0. The van der Waals surface area contributed by atoms with E-state index in [1.165, 1.54) is 30.7 Å². The molecule has 20 heavy (non-hydrogen) atoms. The van der Waals surface area contributed by atoms with E-state index in [2.05, 4.69) is 4.74 Å². The Morgan fingerprint density at radius 3 is 2.05 bits per heavy atom. The van der Waals surface area contributed by atoms with E-state index in [-0.39, 0.29) is 11.7 Å². The highest BCUT2D eigenvalue weighted by atomic mass is 19.4. The van der Waals surface area contributed by atoms with E-state index >= 15 is 0 Å². The smallest absolute Gasteiger partial charge is 0.481 e. The van der Waals surface area contributed by atoms with Crippen LogP contribution in [0.4, 0.5) is 13.2 Å². The van der Waals surface area contributed by atoms with Gasteiger partial charge in [-0.15, -0.1) is 13.2 Å². The van der Waals surface area contributed by atoms with Crippen molar-refractivity contribution in [3.05, 3.63) is 30.3 Å². The first-order chi connectivity index (χ1) is 9.38. The van der Waals surface area contributed by atoms with Crippen molar-refractivity contribution in [2.24, 2.45) is 5.92 Å². The number of carboxylic acid groups (broad SMARTS) is 1. The summed E-state index contributed by atoms with van der Waals surface area (Å²) < 4.78 is 38.2. The molecule has 6 heteroatoms. The molecule has 3 nitrogen and oxygen atoms in total. The number of hydrogen-bond donors (Lipinski definition) is 1. The highest BCUT2D eigenvalue weighted by Crippen LogP contribution is 2.23. The molecule has 0 saturated heterocycles. The minimum absolute atomic E-state index is 0.0289. The molecule has 1 aliphatic rings. The molecule has 1 aromatic carbocycles. The second kappa shape index (κ2) is 7.77. The third-order valence-corrected chi connectivity index (χ3v) is 2.93. The van der Waals surface area contributed by atoms with E-state index in [0.29, 0.717) is 0 Å². The lowest BCUT2D eigenvalue weighted by Gasteiger charge is -2.16. The Hall–Kier alpha value is -1.72. The summed E-state index contributed by atoms with van der Waals surface area (Å²) in [5.74, 6) is -0.826. The molecule has 1 aromatic rings. The average molecular weight is 290 g/mol. The number of benzene rings is 1. The number of hydrogen-bond acceptors (Lipinski definition) is 2. The minimum atomic E-state index is -4.60. The molecule has 2 rings (SSSR count). The predicted octanol–water partition coefficient (Wildman–Crippen LogP) is 4.24. The van der Waals surface area contributed by atoms with Gasteiger partial charge in [0, 0.05) is 0 Å². The molecule has 0 radical (unpaired) electrons. The first kappa shape index (κ1) is 16.3. The number of alkyl halides is 3. The maximum Gasteiger partial charge on any atom is 0.573 e. The minimum Gasteiger partial charge on any atom is -0.481 e. The fourth-order valence-corrected chi connectivity index (χ4v) is 1.97. The van der Waals surface area contributed by atoms with Gasteiger partial charge in [-0.2, -0.15) is 0 Å². The second-order valence-electron chi connectivity index (χ2n) is 4.53. The van der Waals surface area contributed by atoms with Crippen LogP contribution in [0.5, 0.6) is 5.75 Å². The SMILES string of the molecule is FC(F)(F)Oc1ccccc1.O=C(O)C1CCCCC1. The first-order valence-electron chi connectivity index (χ1n) is 6.42.